The van der Waals surface area contributed by atoms with Crippen LogP contribution in [0.15, 0.2) is 24.3 Å². The van der Waals surface area contributed by atoms with Crippen LogP contribution >= 0.6 is 11.6 Å². The summed E-state index contributed by atoms with van der Waals surface area (Å²) in [5, 5.41) is 3.13. The maximum absolute atomic E-state index is 5.68. The second-order valence-corrected chi connectivity index (χ2v) is 4.15. The summed E-state index contributed by atoms with van der Waals surface area (Å²) in [6.45, 7) is 0.673. The first-order valence-corrected chi connectivity index (χ1v) is 6.09. The molecule has 1 aromatic heterocycles. The van der Waals surface area contributed by atoms with E-state index in [1.54, 1.807) is 7.11 Å². The predicted molar refractivity (Wildman–Crippen MR) is 74.4 cm³/mol. The summed E-state index contributed by atoms with van der Waals surface area (Å²) in [6.07, 6.45) is 0.827. The average Bonchev–Trinajstić information content (AvgIpc) is 2.38. The molecular weight excluding hydrogens is 266 g/mol. The monoisotopic (exact) mass is 279 g/mol. The highest BCUT2D eigenvalue weighted by Gasteiger charge is 2.01. The molecule has 0 aliphatic rings. The summed E-state index contributed by atoms with van der Waals surface area (Å²) in [6, 6.07) is 7.87. The maximum atomic E-state index is 5.68. The van der Waals surface area contributed by atoms with Gasteiger partial charge in [-0.2, -0.15) is 15.0 Å². The third kappa shape index (κ3) is 3.96. The number of anilines is 2. The molecule has 0 radical (unpaired) electrons. The molecule has 0 amide bonds. The van der Waals surface area contributed by atoms with Gasteiger partial charge in [0.1, 0.15) is 5.75 Å². The third-order valence-electron chi connectivity index (χ3n) is 2.48. The van der Waals surface area contributed by atoms with E-state index in [4.69, 9.17) is 22.1 Å². The highest BCUT2D eigenvalue weighted by atomic mass is 35.5. The minimum Gasteiger partial charge on any atom is -0.497 e. The lowest BCUT2D eigenvalue weighted by atomic mass is 10.1. The number of aromatic nitrogens is 3. The number of benzene rings is 1. The zero-order valence-corrected chi connectivity index (χ0v) is 11.2. The predicted octanol–water partition coefficient (Wildman–Crippen LogP) is 1.77. The number of nitrogens with zero attached hydrogens (tertiary/aromatic N) is 3. The van der Waals surface area contributed by atoms with Crippen molar-refractivity contribution in [1.29, 1.82) is 0 Å². The molecule has 0 spiro atoms. The van der Waals surface area contributed by atoms with E-state index in [1.807, 2.05) is 24.3 Å². The first kappa shape index (κ1) is 13.4. The molecule has 7 heteroatoms. The smallest absolute Gasteiger partial charge is 0.228 e. The summed E-state index contributed by atoms with van der Waals surface area (Å²) in [5.74, 6) is 1.33. The average molecular weight is 280 g/mol. The molecular formula is C12H14ClN5O. The van der Waals surface area contributed by atoms with Crippen LogP contribution in [0.3, 0.4) is 0 Å². The van der Waals surface area contributed by atoms with Gasteiger partial charge in [-0.15, -0.1) is 0 Å². The van der Waals surface area contributed by atoms with Crippen molar-refractivity contribution in [3.63, 3.8) is 0 Å². The second kappa shape index (κ2) is 6.19. The number of nitrogens with one attached hydrogen (secondary N) is 1. The summed E-state index contributed by atoms with van der Waals surface area (Å²) in [5.41, 5.74) is 6.66. The quantitative estimate of drug-likeness (QED) is 0.867. The van der Waals surface area contributed by atoms with Gasteiger partial charge < -0.3 is 15.8 Å². The highest BCUT2D eigenvalue weighted by Crippen LogP contribution is 2.12. The van der Waals surface area contributed by atoms with Gasteiger partial charge in [-0.05, 0) is 35.7 Å². The fourth-order valence-corrected chi connectivity index (χ4v) is 1.72. The lowest BCUT2D eigenvalue weighted by molar-refractivity contribution is 0.414. The van der Waals surface area contributed by atoms with E-state index in [9.17, 15) is 0 Å². The van der Waals surface area contributed by atoms with Gasteiger partial charge >= 0.3 is 0 Å². The Balaban J connectivity index is 1.88. The topological polar surface area (TPSA) is 86.0 Å². The first-order chi connectivity index (χ1) is 9.17. The fourth-order valence-electron chi connectivity index (χ4n) is 1.56. The second-order valence-electron chi connectivity index (χ2n) is 3.81. The van der Waals surface area contributed by atoms with E-state index in [1.165, 1.54) is 5.56 Å². The number of nitrogens with two attached hydrogens (primary N) is 1. The van der Waals surface area contributed by atoms with Crippen LogP contribution in [0.5, 0.6) is 5.75 Å². The van der Waals surface area contributed by atoms with Crippen molar-refractivity contribution in [2.45, 2.75) is 6.42 Å². The number of halogens is 1. The molecule has 0 bridgehead atoms. The zero-order valence-electron chi connectivity index (χ0n) is 10.4. The van der Waals surface area contributed by atoms with Gasteiger partial charge in [0, 0.05) is 6.54 Å². The third-order valence-corrected chi connectivity index (χ3v) is 2.65. The normalized spacial score (nSPS) is 10.2. The molecule has 0 aliphatic carbocycles. The minimum atomic E-state index is 0.0828. The number of nitrogen functional groups attached to an aromatic ring is 1. The SMILES string of the molecule is COc1ccc(CCNc2nc(N)nc(Cl)n2)cc1. The van der Waals surface area contributed by atoms with Gasteiger partial charge in [-0.3, -0.25) is 0 Å². The maximum Gasteiger partial charge on any atom is 0.228 e. The van der Waals surface area contributed by atoms with Crippen LogP contribution in [-0.4, -0.2) is 28.6 Å². The Hall–Kier alpha value is -2.08. The summed E-state index contributed by atoms with van der Waals surface area (Å²) in [7, 11) is 1.64. The summed E-state index contributed by atoms with van der Waals surface area (Å²) >= 11 is 5.68. The van der Waals surface area contributed by atoms with Crippen molar-refractivity contribution in [3.8, 4) is 5.75 Å². The largest absolute Gasteiger partial charge is 0.497 e. The van der Waals surface area contributed by atoms with E-state index in [-0.39, 0.29) is 11.2 Å². The molecule has 3 N–H and O–H groups in total. The lowest BCUT2D eigenvalue weighted by Crippen LogP contribution is -2.10. The van der Waals surface area contributed by atoms with Crippen LogP contribution in [0, 0.1) is 0 Å². The molecule has 100 valence electrons. The van der Waals surface area contributed by atoms with Gasteiger partial charge in [0.2, 0.25) is 17.2 Å². The van der Waals surface area contributed by atoms with Gasteiger partial charge in [0.15, 0.2) is 0 Å². The fraction of sp³-hybridized carbons (Fsp3) is 0.250. The Morgan fingerprint density at radius 3 is 2.58 bits per heavy atom. The highest BCUT2D eigenvalue weighted by molar-refractivity contribution is 6.28. The Bertz CT molecular complexity index is 526. The van der Waals surface area contributed by atoms with Crippen LogP contribution < -0.4 is 15.8 Å². The van der Waals surface area contributed by atoms with Crippen molar-refractivity contribution < 1.29 is 4.74 Å². The van der Waals surface area contributed by atoms with Crippen LogP contribution in [-0.2, 0) is 6.42 Å². The van der Waals surface area contributed by atoms with Crippen LogP contribution in [0.2, 0.25) is 5.28 Å². The molecule has 1 heterocycles. The summed E-state index contributed by atoms with van der Waals surface area (Å²) in [4.78, 5) is 11.5. The minimum absolute atomic E-state index is 0.0828. The molecule has 0 fully saturated rings. The lowest BCUT2D eigenvalue weighted by Gasteiger charge is -2.06. The molecule has 2 aromatic rings. The van der Waals surface area contributed by atoms with Crippen molar-refractivity contribution in [2.24, 2.45) is 0 Å². The molecule has 0 unspecified atom stereocenters. The number of methoxy groups -OCH3 is 1. The van der Waals surface area contributed by atoms with Gasteiger partial charge in [0.25, 0.3) is 0 Å². The van der Waals surface area contributed by atoms with E-state index in [2.05, 4.69) is 20.3 Å². The van der Waals surface area contributed by atoms with Crippen molar-refractivity contribution in [1.82, 2.24) is 15.0 Å². The molecule has 0 atom stereocenters. The van der Waals surface area contributed by atoms with E-state index >= 15 is 0 Å². The molecule has 1 aromatic carbocycles. The Morgan fingerprint density at radius 1 is 1.21 bits per heavy atom. The molecule has 6 nitrogen and oxygen atoms in total. The molecule has 2 rings (SSSR count). The van der Waals surface area contributed by atoms with Gasteiger partial charge in [0.05, 0.1) is 7.11 Å². The zero-order chi connectivity index (χ0) is 13.7. The van der Waals surface area contributed by atoms with Gasteiger partial charge in [-0.1, -0.05) is 12.1 Å². The van der Waals surface area contributed by atoms with Crippen LogP contribution in [0.1, 0.15) is 5.56 Å². The van der Waals surface area contributed by atoms with E-state index < -0.39 is 0 Å². The Kier molecular flexibility index (Phi) is 4.35. The van der Waals surface area contributed by atoms with E-state index in [0.717, 1.165) is 12.2 Å². The van der Waals surface area contributed by atoms with E-state index in [0.29, 0.717) is 12.5 Å². The number of hydrogen-bond donors (Lipinski definition) is 2. The Morgan fingerprint density at radius 2 is 1.95 bits per heavy atom. The molecule has 0 saturated heterocycles. The molecule has 0 aliphatic heterocycles. The summed E-state index contributed by atoms with van der Waals surface area (Å²) < 4.78 is 5.10. The number of ether oxygens (including phenoxy) is 1. The number of hydrogen-bond acceptors (Lipinski definition) is 6. The van der Waals surface area contributed by atoms with Crippen molar-refractivity contribution >= 4 is 23.5 Å². The van der Waals surface area contributed by atoms with Crippen molar-refractivity contribution in [2.75, 3.05) is 24.7 Å². The molecule has 0 saturated carbocycles. The van der Waals surface area contributed by atoms with Crippen molar-refractivity contribution in [3.05, 3.63) is 35.1 Å². The molecule has 19 heavy (non-hydrogen) atoms. The first-order valence-electron chi connectivity index (χ1n) is 5.71. The van der Waals surface area contributed by atoms with Gasteiger partial charge in [-0.25, -0.2) is 0 Å². The van der Waals surface area contributed by atoms with Crippen LogP contribution in [0.4, 0.5) is 11.9 Å². The van der Waals surface area contributed by atoms with Crippen LogP contribution in [0.25, 0.3) is 0 Å². The Labute approximate surface area is 116 Å². The number of rotatable bonds is 5. The standard InChI is InChI=1S/C12H14ClN5O/c1-19-9-4-2-8(3-5-9)6-7-15-12-17-10(13)16-11(14)18-12/h2-5H,6-7H2,1H3,(H3,14,15,16,17,18).